The highest BCUT2D eigenvalue weighted by Gasteiger charge is 2.14. The maximum absolute atomic E-state index is 12.6. The fourth-order valence-electron chi connectivity index (χ4n) is 2.39. The fourth-order valence-corrected chi connectivity index (χ4v) is 2.39. The van der Waals surface area contributed by atoms with E-state index < -0.39 is 11.8 Å². The van der Waals surface area contributed by atoms with E-state index >= 15 is 0 Å². The molecule has 0 fully saturated rings. The van der Waals surface area contributed by atoms with Gasteiger partial charge in [0, 0.05) is 24.7 Å². The summed E-state index contributed by atoms with van der Waals surface area (Å²) in [6.45, 7) is 1.22. The van der Waals surface area contributed by atoms with Crippen molar-refractivity contribution in [1.29, 1.82) is 0 Å². The van der Waals surface area contributed by atoms with Crippen molar-refractivity contribution < 1.29 is 24.2 Å². The van der Waals surface area contributed by atoms with Crippen LogP contribution in [0.3, 0.4) is 0 Å². The Kier molecular flexibility index (Phi) is 7.93. The zero-order valence-electron chi connectivity index (χ0n) is 16.2. The highest BCUT2D eigenvalue weighted by atomic mass is 16.5. The predicted molar refractivity (Wildman–Crippen MR) is 109 cm³/mol. The van der Waals surface area contributed by atoms with E-state index in [0.29, 0.717) is 22.6 Å². The first-order chi connectivity index (χ1) is 13.9. The maximum atomic E-state index is 12.6. The average Bonchev–Trinajstić information content (AvgIpc) is 2.72. The first kappa shape index (κ1) is 21.6. The molecule has 8 nitrogen and oxygen atoms in total. The molecule has 0 unspecified atom stereocenters. The Morgan fingerprint density at radius 2 is 1.69 bits per heavy atom. The second kappa shape index (κ2) is 10.6. The lowest BCUT2D eigenvalue weighted by molar-refractivity contribution is -0.118. The summed E-state index contributed by atoms with van der Waals surface area (Å²) in [5.41, 5.74) is 1.58. The molecule has 3 amide bonds. The molecule has 0 saturated carbocycles. The van der Waals surface area contributed by atoms with Crippen molar-refractivity contribution in [2.75, 3.05) is 25.6 Å². The number of hydrogen-bond acceptors (Lipinski definition) is 5. The summed E-state index contributed by atoms with van der Waals surface area (Å²) in [7, 11) is 1.55. The zero-order valence-corrected chi connectivity index (χ0v) is 16.2. The number of amides is 3. The molecule has 0 aliphatic rings. The average molecular weight is 397 g/mol. The van der Waals surface area contributed by atoms with E-state index in [0.717, 1.165) is 0 Å². The molecule has 0 spiro atoms. The molecule has 2 aromatic carbocycles. The molecule has 0 aliphatic carbocycles. The topological polar surface area (TPSA) is 117 Å². The van der Waals surface area contributed by atoms with Gasteiger partial charge in [-0.1, -0.05) is 12.1 Å². The molecule has 8 heteroatoms. The summed E-state index contributed by atoms with van der Waals surface area (Å²) >= 11 is 0. The Bertz CT molecular complexity index is 890. The SMILES string of the molecule is COc1ccc(/C=C(\NC(=O)c2ccc(NC(C)=O)cc2)C(=O)NCCO)cc1. The molecule has 0 aliphatic heterocycles. The third-order valence-corrected chi connectivity index (χ3v) is 3.78. The Morgan fingerprint density at radius 1 is 1.03 bits per heavy atom. The Hall–Kier alpha value is -3.65. The van der Waals surface area contributed by atoms with Crippen molar-refractivity contribution >= 4 is 29.5 Å². The molecule has 29 heavy (non-hydrogen) atoms. The first-order valence-electron chi connectivity index (χ1n) is 8.86. The van der Waals surface area contributed by atoms with E-state index in [2.05, 4.69) is 16.0 Å². The minimum atomic E-state index is -0.530. The van der Waals surface area contributed by atoms with Gasteiger partial charge in [0.05, 0.1) is 13.7 Å². The van der Waals surface area contributed by atoms with E-state index in [1.54, 1.807) is 43.5 Å². The molecule has 0 heterocycles. The minimum absolute atomic E-state index is 0.0274. The summed E-state index contributed by atoms with van der Waals surface area (Å²) in [6.07, 6.45) is 1.52. The fraction of sp³-hybridized carbons (Fsp3) is 0.190. The summed E-state index contributed by atoms with van der Waals surface area (Å²) in [6, 6.07) is 13.2. The van der Waals surface area contributed by atoms with E-state index in [-0.39, 0.29) is 24.8 Å². The van der Waals surface area contributed by atoms with Gasteiger partial charge < -0.3 is 25.8 Å². The summed E-state index contributed by atoms with van der Waals surface area (Å²) in [5, 5.41) is 16.7. The van der Waals surface area contributed by atoms with Crippen LogP contribution < -0.4 is 20.7 Å². The van der Waals surface area contributed by atoms with Gasteiger partial charge in [0.2, 0.25) is 5.91 Å². The number of methoxy groups -OCH3 is 1. The predicted octanol–water partition coefficient (Wildman–Crippen LogP) is 1.53. The van der Waals surface area contributed by atoms with Crippen LogP contribution in [0.1, 0.15) is 22.8 Å². The lowest BCUT2D eigenvalue weighted by atomic mass is 10.1. The molecule has 0 saturated heterocycles. The molecule has 0 radical (unpaired) electrons. The van der Waals surface area contributed by atoms with E-state index in [9.17, 15) is 14.4 Å². The van der Waals surface area contributed by atoms with Gasteiger partial charge in [-0.05, 0) is 48.0 Å². The van der Waals surface area contributed by atoms with E-state index in [1.165, 1.54) is 25.1 Å². The summed E-state index contributed by atoms with van der Waals surface area (Å²) in [4.78, 5) is 36.0. The smallest absolute Gasteiger partial charge is 0.267 e. The third-order valence-electron chi connectivity index (χ3n) is 3.78. The number of hydrogen-bond donors (Lipinski definition) is 4. The minimum Gasteiger partial charge on any atom is -0.497 e. The second-order valence-corrected chi connectivity index (χ2v) is 6.02. The van der Waals surface area contributed by atoms with Crippen LogP contribution in [0, 0.1) is 0 Å². The van der Waals surface area contributed by atoms with Crippen molar-refractivity contribution in [1.82, 2.24) is 10.6 Å². The molecule has 0 bridgehead atoms. The number of benzene rings is 2. The largest absolute Gasteiger partial charge is 0.497 e. The molecule has 2 rings (SSSR count). The van der Waals surface area contributed by atoms with Crippen LogP contribution in [-0.2, 0) is 9.59 Å². The Labute approximate surface area is 168 Å². The van der Waals surface area contributed by atoms with Crippen molar-refractivity contribution in [3.63, 3.8) is 0 Å². The standard InChI is InChI=1S/C21H23N3O5/c1-14(26)23-17-7-5-16(6-8-17)20(27)24-19(21(28)22-11-12-25)13-15-3-9-18(29-2)10-4-15/h3-10,13,25H,11-12H2,1-2H3,(H,22,28)(H,23,26)(H,24,27)/b19-13-. The van der Waals surface area contributed by atoms with E-state index in [4.69, 9.17) is 9.84 Å². The first-order valence-corrected chi connectivity index (χ1v) is 8.86. The van der Waals surface area contributed by atoms with Crippen molar-refractivity contribution in [3.05, 3.63) is 65.4 Å². The number of rotatable bonds is 8. The van der Waals surface area contributed by atoms with Crippen LogP contribution in [-0.4, -0.2) is 43.1 Å². The molecule has 0 aromatic heterocycles. The van der Waals surface area contributed by atoms with Crippen LogP contribution in [0.4, 0.5) is 5.69 Å². The lowest BCUT2D eigenvalue weighted by Crippen LogP contribution is -2.36. The van der Waals surface area contributed by atoms with Crippen LogP contribution in [0.15, 0.2) is 54.2 Å². The Morgan fingerprint density at radius 3 is 2.24 bits per heavy atom. The number of carbonyl (C=O) groups excluding carboxylic acids is 3. The van der Waals surface area contributed by atoms with Crippen molar-refractivity contribution in [2.24, 2.45) is 0 Å². The number of anilines is 1. The van der Waals surface area contributed by atoms with Gasteiger partial charge in [0.1, 0.15) is 11.4 Å². The van der Waals surface area contributed by atoms with E-state index in [1.807, 2.05) is 0 Å². The third kappa shape index (κ3) is 6.78. The van der Waals surface area contributed by atoms with Gasteiger partial charge in [-0.15, -0.1) is 0 Å². The van der Waals surface area contributed by atoms with Gasteiger partial charge in [-0.25, -0.2) is 0 Å². The van der Waals surface area contributed by atoms with Gasteiger partial charge in [0.25, 0.3) is 11.8 Å². The van der Waals surface area contributed by atoms with Gasteiger partial charge >= 0.3 is 0 Å². The normalized spacial score (nSPS) is 10.8. The monoisotopic (exact) mass is 397 g/mol. The molecule has 0 atom stereocenters. The van der Waals surface area contributed by atoms with Crippen LogP contribution in [0.25, 0.3) is 6.08 Å². The number of aliphatic hydroxyl groups excluding tert-OH is 1. The van der Waals surface area contributed by atoms with Crippen LogP contribution >= 0.6 is 0 Å². The quantitative estimate of drug-likeness (QED) is 0.504. The molecule has 2 aromatic rings. The van der Waals surface area contributed by atoms with Gasteiger partial charge in [-0.2, -0.15) is 0 Å². The number of aliphatic hydroxyl groups is 1. The molecule has 4 N–H and O–H groups in total. The van der Waals surface area contributed by atoms with Crippen molar-refractivity contribution in [2.45, 2.75) is 6.92 Å². The molecular formula is C21H23N3O5. The number of nitrogens with one attached hydrogen (secondary N) is 3. The van der Waals surface area contributed by atoms with Gasteiger partial charge in [-0.3, -0.25) is 14.4 Å². The Balaban J connectivity index is 2.21. The second-order valence-electron chi connectivity index (χ2n) is 6.02. The molecule has 152 valence electrons. The number of carbonyl (C=O) groups is 3. The highest BCUT2D eigenvalue weighted by Crippen LogP contribution is 2.14. The number of ether oxygens (including phenoxy) is 1. The summed E-state index contributed by atoms with van der Waals surface area (Å²) in [5.74, 6) is -0.569. The highest BCUT2D eigenvalue weighted by molar-refractivity contribution is 6.05. The maximum Gasteiger partial charge on any atom is 0.267 e. The van der Waals surface area contributed by atoms with Crippen LogP contribution in [0.5, 0.6) is 5.75 Å². The van der Waals surface area contributed by atoms with Crippen LogP contribution in [0.2, 0.25) is 0 Å². The molecular weight excluding hydrogens is 374 g/mol. The summed E-state index contributed by atoms with van der Waals surface area (Å²) < 4.78 is 5.11. The zero-order chi connectivity index (χ0) is 21.2. The van der Waals surface area contributed by atoms with Gasteiger partial charge in [0.15, 0.2) is 0 Å². The van der Waals surface area contributed by atoms with Crippen molar-refractivity contribution in [3.8, 4) is 5.75 Å². The lowest BCUT2D eigenvalue weighted by Gasteiger charge is -2.11.